The van der Waals surface area contributed by atoms with Gasteiger partial charge in [-0.25, -0.2) is 0 Å². The van der Waals surface area contributed by atoms with Crippen LogP contribution in [0.25, 0.3) is 50.1 Å². The highest BCUT2D eigenvalue weighted by atomic mass is 16.5. The van der Waals surface area contributed by atoms with Gasteiger partial charge in [-0.1, -0.05) is 30.3 Å². The van der Waals surface area contributed by atoms with Crippen molar-refractivity contribution >= 4 is 27.6 Å². The molecule has 5 nitrogen and oxygen atoms in total. The van der Waals surface area contributed by atoms with E-state index in [2.05, 4.69) is 4.57 Å². The van der Waals surface area contributed by atoms with E-state index in [1.165, 1.54) is 0 Å². The number of fused-ring (bicyclic) bond motifs is 8. The first kappa shape index (κ1) is 19.0. The van der Waals surface area contributed by atoms with Gasteiger partial charge in [0.15, 0.2) is 5.78 Å². The van der Waals surface area contributed by atoms with Crippen molar-refractivity contribution in [2.45, 2.75) is 0 Å². The van der Waals surface area contributed by atoms with E-state index in [9.17, 15) is 4.79 Å². The monoisotopic (exact) mass is 445 g/mol. The standard InChI is InChI=1S/C29H19NO4/c1-32-17-8-10-24-20(13-17)21-14-18(33-2)9-11-25(21)30(24)26-15-23-28(31)27-19-7-5-3-4-6-16(19)12-22(27)29(23)34-26/h3-15H,1-2H3. The van der Waals surface area contributed by atoms with Gasteiger partial charge in [0.25, 0.3) is 0 Å². The molecule has 0 spiro atoms. The number of nitrogens with zero attached hydrogens (tertiary/aromatic N) is 1. The molecule has 7 rings (SSSR count). The van der Waals surface area contributed by atoms with E-state index in [4.69, 9.17) is 13.9 Å². The minimum atomic E-state index is 0.00491. The molecule has 0 amide bonds. The number of ketones is 1. The number of rotatable bonds is 3. The molecule has 0 unspecified atom stereocenters. The van der Waals surface area contributed by atoms with Gasteiger partial charge in [-0.2, -0.15) is 0 Å². The molecule has 34 heavy (non-hydrogen) atoms. The van der Waals surface area contributed by atoms with Gasteiger partial charge in [0.2, 0.25) is 5.88 Å². The van der Waals surface area contributed by atoms with Crippen LogP contribution in [0.4, 0.5) is 0 Å². The lowest BCUT2D eigenvalue weighted by atomic mass is 10.1. The van der Waals surface area contributed by atoms with Crippen molar-refractivity contribution in [3.05, 3.63) is 90.0 Å². The molecule has 0 fully saturated rings. The Morgan fingerprint density at radius 1 is 0.706 bits per heavy atom. The molecule has 0 N–H and O–H groups in total. The Morgan fingerprint density at radius 2 is 1.38 bits per heavy atom. The Bertz CT molecular complexity index is 1690. The van der Waals surface area contributed by atoms with Crippen LogP contribution < -0.4 is 9.47 Å². The van der Waals surface area contributed by atoms with E-state index < -0.39 is 0 Å². The largest absolute Gasteiger partial charge is 0.497 e. The normalized spacial score (nSPS) is 12.5. The topological polar surface area (TPSA) is 53.6 Å². The molecule has 0 atom stereocenters. The summed E-state index contributed by atoms with van der Waals surface area (Å²) in [6.45, 7) is 0. The van der Waals surface area contributed by atoms with Crippen LogP contribution in [-0.2, 0) is 0 Å². The number of carbonyl (C=O) groups is 1. The zero-order chi connectivity index (χ0) is 23.0. The SMILES string of the molecule is COc1ccc2c(c1)c1cc(OC)ccc1n2-c1cc2c(o1)-c1cc3cccccc-3c1C2=O. The maximum absolute atomic E-state index is 13.4. The van der Waals surface area contributed by atoms with Crippen molar-refractivity contribution < 1.29 is 18.7 Å². The van der Waals surface area contributed by atoms with Crippen molar-refractivity contribution in [3.8, 4) is 39.8 Å². The Kier molecular flexibility index (Phi) is 3.77. The maximum Gasteiger partial charge on any atom is 0.205 e. The first-order valence-electron chi connectivity index (χ1n) is 11.0. The molecular formula is C29H19NO4. The Labute approximate surface area is 195 Å². The van der Waals surface area contributed by atoms with Crippen LogP contribution in [0.2, 0.25) is 0 Å². The highest BCUT2D eigenvalue weighted by molar-refractivity contribution is 6.25. The maximum atomic E-state index is 13.4. The first-order chi connectivity index (χ1) is 16.7. The fourth-order valence-electron chi connectivity index (χ4n) is 5.18. The van der Waals surface area contributed by atoms with Gasteiger partial charge in [-0.05, 0) is 53.6 Å². The van der Waals surface area contributed by atoms with Gasteiger partial charge < -0.3 is 13.9 Å². The number of hydrogen-bond acceptors (Lipinski definition) is 4. The van der Waals surface area contributed by atoms with E-state index in [0.717, 1.165) is 55.6 Å². The fraction of sp³-hybridized carbons (Fsp3) is 0.0690. The van der Waals surface area contributed by atoms with Crippen LogP contribution >= 0.6 is 0 Å². The zero-order valence-corrected chi connectivity index (χ0v) is 18.6. The van der Waals surface area contributed by atoms with Crippen molar-refractivity contribution in [3.63, 3.8) is 0 Å². The second-order valence-electron chi connectivity index (χ2n) is 8.47. The van der Waals surface area contributed by atoms with Gasteiger partial charge in [0, 0.05) is 28.0 Å². The summed E-state index contributed by atoms with van der Waals surface area (Å²) in [6.07, 6.45) is 0. The molecule has 0 saturated heterocycles. The summed E-state index contributed by atoms with van der Waals surface area (Å²) in [5.74, 6) is 2.78. The van der Waals surface area contributed by atoms with E-state index in [1.807, 2.05) is 78.9 Å². The third-order valence-electron chi connectivity index (χ3n) is 6.75. The molecule has 2 aromatic carbocycles. The predicted molar refractivity (Wildman–Crippen MR) is 132 cm³/mol. The van der Waals surface area contributed by atoms with Gasteiger partial charge in [0.1, 0.15) is 17.3 Å². The van der Waals surface area contributed by atoms with Crippen molar-refractivity contribution in [1.29, 1.82) is 0 Å². The van der Waals surface area contributed by atoms with Crippen LogP contribution in [0.1, 0.15) is 15.9 Å². The molecule has 3 aliphatic rings. The van der Waals surface area contributed by atoms with Crippen LogP contribution in [0.15, 0.2) is 83.3 Å². The summed E-state index contributed by atoms with van der Waals surface area (Å²) in [5.41, 5.74) is 6.09. The van der Waals surface area contributed by atoms with E-state index in [1.54, 1.807) is 14.2 Å². The first-order valence-corrected chi connectivity index (χ1v) is 11.0. The van der Waals surface area contributed by atoms with Gasteiger partial charge in [-0.3, -0.25) is 9.36 Å². The third-order valence-corrected chi connectivity index (χ3v) is 6.75. The summed E-state index contributed by atoms with van der Waals surface area (Å²) < 4.78 is 19.4. The van der Waals surface area contributed by atoms with E-state index >= 15 is 0 Å². The summed E-state index contributed by atoms with van der Waals surface area (Å²) in [7, 11) is 3.32. The van der Waals surface area contributed by atoms with Crippen molar-refractivity contribution in [1.82, 2.24) is 4.57 Å². The molecule has 2 heterocycles. The van der Waals surface area contributed by atoms with Crippen LogP contribution in [-0.4, -0.2) is 24.6 Å². The summed E-state index contributed by atoms with van der Waals surface area (Å²) in [6, 6.07) is 25.7. The minimum absolute atomic E-state index is 0.00491. The van der Waals surface area contributed by atoms with Crippen molar-refractivity contribution in [2.75, 3.05) is 14.2 Å². The molecule has 0 saturated carbocycles. The van der Waals surface area contributed by atoms with Crippen molar-refractivity contribution in [2.24, 2.45) is 0 Å². The molecular weight excluding hydrogens is 426 g/mol. The Balaban J connectivity index is 1.50. The quantitative estimate of drug-likeness (QED) is 0.303. The molecule has 0 radical (unpaired) electrons. The molecule has 2 aromatic heterocycles. The predicted octanol–water partition coefficient (Wildman–Crippen LogP) is 6.71. The number of carbonyl (C=O) groups excluding carboxylic acids is 1. The molecule has 0 aliphatic heterocycles. The second kappa shape index (κ2) is 6.75. The average Bonchev–Trinajstić information content (AvgIpc) is 3.54. The zero-order valence-electron chi connectivity index (χ0n) is 18.6. The second-order valence-corrected chi connectivity index (χ2v) is 8.47. The lowest BCUT2D eigenvalue weighted by Crippen LogP contribution is -1.96. The molecule has 5 heteroatoms. The summed E-state index contributed by atoms with van der Waals surface area (Å²) in [4.78, 5) is 13.4. The van der Waals surface area contributed by atoms with Gasteiger partial charge in [0.05, 0.1) is 30.8 Å². The molecule has 0 bridgehead atoms. The minimum Gasteiger partial charge on any atom is -0.497 e. The van der Waals surface area contributed by atoms with Gasteiger partial charge >= 0.3 is 0 Å². The van der Waals surface area contributed by atoms with Crippen LogP contribution in [0.5, 0.6) is 11.5 Å². The number of methoxy groups -OCH3 is 2. The fourth-order valence-corrected chi connectivity index (χ4v) is 5.18. The van der Waals surface area contributed by atoms with Crippen LogP contribution in [0, 0.1) is 0 Å². The third kappa shape index (κ3) is 2.41. The van der Waals surface area contributed by atoms with E-state index in [-0.39, 0.29) is 5.78 Å². The summed E-state index contributed by atoms with van der Waals surface area (Å²) >= 11 is 0. The van der Waals surface area contributed by atoms with E-state index in [0.29, 0.717) is 17.2 Å². The number of aromatic nitrogens is 1. The highest BCUT2D eigenvalue weighted by Gasteiger charge is 2.36. The average molecular weight is 445 g/mol. The molecule has 3 aliphatic carbocycles. The Morgan fingerprint density at radius 3 is 2.06 bits per heavy atom. The smallest absolute Gasteiger partial charge is 0.205 e. The highest BCUT2D eigenvalue weighted by Crippen LogP contribution is 2.48. The lowest BCUT2D eigenvalue weighted by molar-refractivity contribution is 0.104. The molecule has 164 valence electrons. The number of furan rings is 1. The van der Waals surface area contributed by atoms with Crippen LogP contribution in [0.3, 0.4) is 0 Å². The number of ether oxygens (including phenoxy) is 2. The summed E-state index contributed by atoms with van der Waals surface area (Å²) in [5, 5.41) is 2.03. The number of benzene rings is 2. The molecule has 4 aromatic rings. The Hall–Kier alpha value is -4.51. The lowest BCUT2D eigenvalue weighted by Gasteiger charge is -2.05. The number of hydrogen-bond donors (Lipinski definition) is 0. The van der Waals surface area contributed by atoms with Gasteiger partial charge in [-0.15, -0.1) is 0 Å².